The Morgan fingerprint density at radius 2 is 0.680 bits per heavy atom. The van der Waals surface area contributed by atoms with E-state index in [2.05, 4.69) is 172 Å². The van der Waals surface area contributed by atoms with Crippen molar-refractivity contribution >= 4 is 23.1 Å². The smallest absolute Gasteiger partial charge is 0.165 e. The largest absolute Gasteiger partial charge is 0.245 e. The molecular formula is C46H38N4. The van der Waals surface area contributed by atoms with Crippen LogP contribution in [-0.2, 0) is 23.9 Å². The third-order valence-electron chi connectivity index (χ3n) is 9.91. The van der Waals surface area contributed by atoms with E-state index in [1.54, 1.807) is 0 Å². The molecule has 8 rings (SSSR count). The Labute approximate surface area is 294 Å². The van der Waals surface area contributed by atoms with E-state index in [0.29, 0.717) is 11.7 Å². The molecule has 2 atom stereocenters. The third-order valence-corrected chi connectivity index (χ3v) is 9.91. The van der Waals surface area contributed by atoms with Gasteiger partial charge in [-0.3, -0.25) is 0 Å². The van der Waals surface area contributed by atoms with Crippen LogP contribution in [0.5, 0.6) is 0 Å². The molecule has 0 N–H and O–H groups in total. The number of aryl methyl sites for hydroxylation is 2. The number of benzene rings is 6. The molecular weight excluding hydrogens is 609 g/mol. The number of hydrogen-bond donors (Lipinski definition) is 0. The van der Waals surface area contributed by atoms with Crippen LogP contribution in [0.1, 0.15) is 58.4 Å². The van der Waals surface area contributed by atoms with Crippen LogP contribution in [0.3, 0.4) is 0 Å². The number of amidine groups is 2. The molecule has 0 fully saturated rings. The third kappa shape index (κ3) is 5.16. The Hall–Kier alpha value is -6.00. The van der Waals surface area contributed by atoms with E-state index in [1.165, 1.54) is 11.1 Å². The molecule has 0 aromatic heterocycles. The van der Waals surface area contributed by atoms with Crippen molar-refractivity contribution in [2.24, 2.45) is 20.0 Å². The number of aliphatic imine (C=N–C) groups is 4. The van der Waals surface area contributed by atoms with Gasteiger partial charge in [-0.15, -0.1) is 0 Å². The molecule has 6 aromatic rings. The first kappa shape index (κ1) is 31.3. The average molecular weight is 647 g/mol. The Kier molecular flexibility index (Phi) is 8.22. The Morgan fingerprint density at radius 3 is 1.00 bits per heavy atom. The second kappa shape index (κ2) is 13.1. The number of nitrogens with zero attached hydrogens (tertiary/aromatic N) is 4. The summed E-state index contributed by atoms with van der Waals surface area (Å²) >= 11 is 0. The summed E-state index contributed by atoms with van der Waals surface area (Å²) in [5, 5.41) is 0. The highest BCUT2D eigenvalue weighted by Gasteiger charge is 2.64. The fraction of sp³-hybridized carbons (Fsp3) is 0.130. The van der Waals surface area contributed by atoms with Crippen molar-refractivity contribution in [2.45, 2.75) is 37.8 Å². The highest BCUT2D eigenvalue weighted by molar-refractivity contribution is 6.29. The summed E-state index contributed by atoms with van der Waals surface area (Å²) in [6.45, 7) is 4.35. The van der Waals surface area contributed by atoms with Crippen LogP contribution in [0.25, 0.3) is 0 Å². The average Bonchev–Trinajstić information content (AvgIpc) is 3.82. The van der Waals surface area contributed by atoms with Gasteiger partial charge < -0.3 is 0 Å². The van der Waals surface area contributed by atoms with Crippen molar-refractivity contribution in [1.82, 2.24) is 0 Å². The molecule has 0 aliphatic carbocycles. The van der Waals surface area contributed by atoms with Gasteiger partial charge in [0.15, 0.2) is 22.7 Å². The Bertz CT molecular complexity index is 2070. The minimum absolute atomic E-state index is 0.675. The fourth-order valence-corrected chi connectivity index (χ4v) is 7.31. The van der Waals surface area contributed by atoms with E-state index in [-0.39, 0.29) is 0 Å². The summed E-state index contributed by atoms with van der Waals surface area (Å²) in [5.74, 6) is 1.35. The quantitative estimate of drug-likeness (QED) is 0.150. The van der Waals surface area contributed by atoms with Crippen molar-refractivity contribution in [3.8, 4) is 0 Å². The predicted molar refractivity (Wildman–Crippen MR) is 207 cm³/mol. The van der Waals surface area contributed by atoms with E-state index in [4.69, 9.17) is 20.0 Å². The molecule has 2 aliphatic rings. The van der Waals surface area contributed by atoms with Gasteiger partial charge in [-0.2, -0.15) is 0 Å². The van der Waals surface area contributed by atoms with Crippen LogP contribution in [0.4, 0.5) is 0 Å². The molecule has 0 radical (unpaired) electrons. The molecule has 0 saturated heterocycles. The van der Waals surface area contributed by atoms with Gasteiger partial charge in [0, 0.05) is 11.1 Å². The molecule has 0 spiro atoms. The zero-order chi connectivity index (χ0) is 34.0. The van der Waals surface area contributed by atoms with E-state index >= 15 is 0 Å². The van der Waals surface area contributed by atoms with Gasteiger partial charge in [0.2, 0.25) is 0 Å². The second-order valence-electron chi connectivity index (χ2n) is 12.8. The molecule has 0 bridgehead atoms. The number of rotatable bonds is 9. The maximum absolute atomic E-state index is 5.86. The summed E-state index contributed by atoms with van der Waals surface area (Å²) in [6, 6.07) is 59.3. The maximum atomic E-state index is 5.86. The first-order chi connectivity index (χ1) is 24.7. The van der Waals surface area contributed by atoms with Crippen molar-refractivity contribution in [3.63, 3.8) is 0 Å². The summed E-state index contributed by atoms with van der Waals surface area (Å²) in [7, 11) is 0. The first-order valence-electron chi connectivity index (χ1n) is 17.4. The highest BCUT2D eigenvalue weighted by atomic mass is 15.2. The molecule has 4 heteroatoms. The zero-order valence-electron chi connectivity index (χ0n) is 28.4. The van der Waals surface area contributed by atoms with Gasteiger partial charge in [-0.25, -0.2) is 20.0 Å². The van der Waals surface area contributed by atoms with Crippen LogP contribution in [0.2, 0.25) is 0 Å². The summed E-state index contributed by atoms with van der Waals surface area (Å²) in [5.41, 5.74) is 7.79. The van der Waals surface area contributed by atoms with Gasteiger partial charge in [-0.05, 0) is 46.2 Å². The lowest BCUT2D eigenvalue weighted by Crippen LogP contribution is -2.55. The standard InChI is InChI=1S/C46H38N4/c1-3-33-25-29-37(30-26-33)43-47-41(35-17-9-5-10-18-35)45(49-43,39-21-13-7-14-22-39)46(40-23-15-8-16-24-40)42(36-19-11-6-12-20-36)48-44(50-46)38-31-27-34(4-2)28-32-38/h5-32H,3-4H2,1-2H3. The molecule has 2 unspecified atom stereocenters. The van der Waals surface area contributed by atoms with Crippen molar-refractivity contribution < 1.29 is 0 Å². The molecule has 0 amide bonds. The lowest BCUT2D eigenvalue weighted by atomic mass is 9.62. The van der Waals surface area contributed by atoms with Crippen molar-refractivity contribution in [1.29, 1.82) is 0 Å². The van der Waals surface area contributed by atoms with Gasteiger partial charge in [0.05, 0.1) is 11.4 Å². The minimum Gasteiger partial charge on any atom is -0.245 e. The predicted octanol–water partition coefficient (Wildman–Crippen LogP) is 9.80. The zero-order valence-corrected chi connectivity index (χ0v) is 28.4. The fourth-order valence-electron chi connectivity index (χ4n) is 7.31. The summed E-state index contributed by atoms with van der Waals surface area (Å²) in [4.78, 5) is 22.8. The normalized spacial score (nSPS) is 19.8. The molecule has 4 nitrogen and oxygen atoms in total. The summed E-state index contributed by atoms with van der Waals surface area (Å²) < 4.78 is 0. The van der Waals surface area contributed by atoms with Crippen LogP contribution < -0.4 is 0 Å². The number of hydrogen-bond acceptors (Lipinski definition) is 4. The molecule has 50 heavy (non-hydrogen) atoms. The van der Waals surface area contributed by atoms with Gasteiger partial charge in [0.1, 0.15) is 0 Å². The molecule has 242 valence electrons. The van der Waals surface area contributed by atoms with Crippen LogP contribution in [0.15, 0.2) is 190 Å². The molecule has 2 aliphatic heterocycles. The Balaban J connectivity index is 1.53. The molecule has 2 heterocycles. The highest BCUT2D eigenvalue weighted by Crippen LogP contribution is 2.55. The maximum Gasteiger partial charge on any atom is 0.165 e. The van der Waals surface area contributed by atoms with Crippen molar-refractivity contribution in [2.75, 3.05) is 0 Å². The van der Waals surface area contributed by atoms with E-state index < -0.39 is 11.1 Å². The summed E-state index contributed by atoms with van der Waals surface area (Å²) in [6.07, 6.45) is 1.92. The first-order valence-corrected chi connectivity index (χ1v) is 17.4. The SMILES string of the molecule is CCc1ccc(C2=NC(c3ccccc3)(C3(c4ccccc4)N=C(c4ccc(CC)cc4)N=C3c3ccccc3)C(c3ccccc3)=N2)cc1. The van der Waals surface area contributed by atoms with Gasteiger partial charge in [-0.1, -0.05) is 184 Å². The van der Waals surface area contributed by atoms with Gasteiger partial charge >= 0.3 is 0 Å². The monoisotopic (exact) mass is 646 g/mol. The van der Waals surface area contributed by atoms with Crippen LogP contribution in [0, 0.1) is 0 Å². The topological polar surface area (TPSA) is 49.4 Å². The van der Waals surface area contributed by atoms with Gasteiger partial charge in [0.25, 0.3) is 0 Å². The molecule has 0 saturated carbocycles. The van der Waals surface area contributed by atoms with E-state index in [0.717, 1.165) is 57.6 Å². The lowest BCUT2D eigenvalue weighted by molar-refractivity contribution is 0.420. The lowest BCUT2D eigenvalue weighted by Gasteiger charge is -2.44. The van der Waals surface area contributed by atoms with Crippen LogP contribution in [-0.4, -0.2) is 23.1 Å². The van der Waals surface area contributed by atoms with Crippen LogP contribution >= 0.6 is 0 Å². The van der Waals surface area contributed by atoms with E-state index in [1.807, 2.05) is 12.1 Å². The van der Waals surface area contributed by atoms with E-state index in [9.17, 15) is 0 Å². The Morgan fingerprint density at radius 1 is 0.360 bits per heavy atom. The van der Waals surface area contributed by atoms with Crippen molar-refractivity contribution in [3.05, 3.63) is 214 Å². The molecule has 6 aromatic carbocycles. The minimum atomic E-state index is -1.14. The second-order valence-corrected chi connectivity index (χ2v) is 12.8.